The number of carboxylic acids is 1. The van der Waals surface area contributed by atoms with E-state index >= 15 is 0 Å². The Hall–Kier alpha value is -1.56. The van der Waals surface area contributed by atoms with Crippen molar-refractivity contribution in [1.82, 2.24) is 0 Å². The Labute approximate surface area is 99.7 Å². The molecule has 0 saturated carbocycles. The minimum absolute atomic E-state index is 0.113. The molecule has 1 N–H and O–H groups in total. The highest BCUT2D eigenvalue weighted by Gasteiger charge is 2.28. The molecule has 1 aromatic carbocycles. The summed E-state index contributed by atoms with van der Waals surface area (Å²) in [5.41, 5.74) is 1.30. The zero-order valence-corrected chi connectivity index (χ0v) is 10.2. The number of rotatable bonds is 2. The van der Waals surface area contributed by atoms with Crippen molar-refractivity contribution in [1.29, 1.82) is 0 Å². The van der Waals surface area contributed by atoms with E-state index in [0.29, 0.717) is 18.7 Å². The third-order valence-corrected chi connectivity index (χ3v) is 4.57. The molecule has 0 aliphatic carbocycles. The normalized spacial score (nSPS) is 18.3. The van der Waals surface area contributed by atoms with Crippen LogP contribution >= 0.6 is 0 Å². The van der Waals surface area contributed by atoms with Crippen LogP contribution < -0.4 is 4.31 Å². The number of nitrogens with zero attached hydrogens (tertiary/aromatic N) is 1. The Bertz CT molecular complexity index is 565. The first-order valence-electron chi connectivity index (χ1n) is 5.25. The van der Waals surface area contributed by atoms with Crippen molar-refractivity contribution in [3.63, 3.8) is 0 Å². The molecule has 1 aliphatic rings. The number of aromatic carboxylic acids is 1. The summed E-state index contributed by atoms with van der Waals surface area (Å²) in [5.74, 6) is -0.921. The topological polar surface area (TPSA) is 74.7 Å². The molecule has 0 aromatic heterocycles. The van der Waals surface area contributed by atoms with E-state index in [2.05, 4.69) is 0 Å². The molecule has 2 rings (SSSR count). The van der Waals surface area contributed by atoms with Gasteiger partial charge in [0.25, 0.3) is 0 Å². The second-order valence-electron chi connectivity index (χ2n) is 4.10. The van der Waals surface area contributed by atoms with Crippen LogP contribution in [0.4, 0.5) is 5.69 Å². The lowest BCUT2D eigenvalue weighted by molar-refractivity contribution is 0.0697. The van der Waals surface area contributed by atoms with Gasteiger partial charge in [0.1, 0.15) is 0 Å². The number of hydrogen-bond donors (Lipinski definition) is 1. The van der Waals surface area contributed by atoms with Gasteiger partial charge in [0.15, 0.2) is 0 Å². The van der Waals surface area contributed by atoms with Gasteiger partial charge in [-0.25, -0.2) is 13.2 Å². The Balaban J connectivity index is 2.49. The third kappa shape index (κ3) is 2.26. The van der Waals surface area contributed by atoms with Crippen LogP contribution in [0.1, 0.15) is 22.3 Å². The van der Waals surface area contributed by atoms with E-state index in [1.807, 2.05) is 0 Å². The Morgan fingerprint density at radius 3 is 2.59 bits per heavy atom. The highest BCUT2D eigenvalue weighted by atomic mass is 32.2. The Morgan fingerprint density at radius 1 is 1.35 bits per heavy atom. The minimum Gasteiger partial charge on any atom is -0.478 e. The van der Waals surface area contributed by atoms with Crippen LogP contribution in [0.15, 0.2) is 18.2 Å². The van der Waals surface area contributed by atoms with Crippen LogP contribution in [-0.2, 0) is 10.0 Å². The van der Waals surface area contributed by atoms with Gasteiger partial charge in [-0.2, -0.15) is 0 Å². The molecule has 0 unspecified atom stereocenters. The van der Waals surface area contributed by atoms with Crippen molar-refractivity contribution in [2.24, 2.45) is 0 Å². The van der Waals surface area contributed by atoms with Crippen molar-refractivity contribution < 1.29 is 18.3 Å². The first-order chi connectivity index (χ1) is 7.90. The maximum absolute atomic E-state index is 11.7. The lowest BCUT2D eigenvalue weighted by Gasteiger charge is -2.17. The molecule has 1 heterocycles. The first-order valence-corrected chi connectivity index (χ1v) is 6.86. The lowest BCUT2D eigenvalue weighted by Crippen LogP contribution is -2.25. The van der Waals surface area contributed by atoms with Crippen LogP contribution in [0.25, 0.3) is 0 Å². The molecule has 17 heavy (non-hydrogen) atoms. The number of carboxylic acid groups (broad SMARTS) is 1. The quantitative estimate of drug-likeness (QED) is 0.862. The van der Waals surface area contributed by atoms with Gasteiger partial charge in [-0.1, -0.05) is 0 Å². The van der Waals surface area contributed by atoms with Crippen LogP contribution in [0.2, 0.25) is 0 Å². The molecule has 92 valence electrons. The fraction of sp³-hybridized carbons (Fsp3) is 0.364. The maximum atomic E-state index is 11.7. The summed E-state index contributed by atoms with van der Waals surface area (Å²) >= 11 is 0. The second-order valence-corrected chi connectivity index (χ2v) is 6.12. The molecule has 1 saturated heterocycles. The van der Waals surface area contributed by atoms with Gasteiger partial charge >= 0.3 is 5.97 Å². The highest BCUT2D eigenvalue weighted by Crippen LogP contribution is 2.26. The molecular weight excluding hydrogens is 242 g/mol. The lowest BCUT2D eigenvalue weighted by atomic mass is 10.1. The molecular formula is C11H13NO4S. The number of benzene rings is 1. The van der Waals surface area contributed by atoms with Crippen LogP contribution in [0.5, 0.6) is 0 Å². The minimum atomic E-state index is -3.26. The second kappa shape index (κ2) is 4.03. The molecule has 1 fully saturated rings. The number of hydrogen-bond acceptors (Lipinski definition) is 3. The third-order valence-electron chi connectivity index (χ3n) is 2.70. The summed E-state index contributed by atoms with van der Waals surface area (Å²) in [7, 11) is -3.26. The average molecular weight is 255 g/mol. The molecule has 0 spiro atoms. The van der Waals surface area contributed by atoms with E-state index in [1.54, 1.807) is 13.0 Å². The first kappa shape index (κ1) is 11.9. The summed E-state index contributed by atoms with van der Waals surface area (Å²) in [4.78, 5) is 10.9. The fourth-order valence-corrected chi connectivity index (χ4v) is 3.51. The van der Waals surface area contributed by atoms with Gasteiger partial charge < -0.3 is 5.11 Å². The largest absolute Gasteiger partial charge is 0.478 e. The van der Waals surface area contributed by atoms with Crippen molar-refractivity contribution in [2.45, 2.75) is 13.3 Å². The monoisotopic (exact) mass is 255 g/mol. The molecule has 1 aromatic rings. The SMILES string of the molecule is Cc1cc(C(=O)O)cc(N2CCCS2(=O)=O)c1. The summed E-state index contributed by atoms with van der Waals surface area (Å²) in [5, 5.41) is 8.94. The predicted molar refractivity (Wildman–Crippen MR) is 63.9 cm³/mol. The fourth-order valence-electron chi connectivity index (χ4n) is 1.96. The Morgan fingerprint density at radius 2 is 2.06 bits per heavy atom. The van der Waals surface area contributed by atoms with E-state index in [-0.39, 0.29) is 11.3 Å². The van der Waals surface area contributed by atoms with Crippen molar-refractivity contribution in [3.8, 4) is 0 Å². The number of anilines is 1. The van der Waals surface area contributed by atoms with Crippen LogP contribution in [-0.4, -0.2) is 31.8 Å². The van der Waals surface area contributed by atoms with Gasteiger partial charge in [-0.3, -0.25) is 4.31 Å². The van der Waals surface area contributed by atoms with E-state index in [9.17, 15) is 13.2 Å². The molecule has 5 nitrogen and oxygen atoms in total. The number of aryl methyl sites for hydroxylation is 1. The van der Waals surface area contributed by atoms with Gasteiger partial charge in [0, 0.05) is 6.54 Å². The predicted octanol–water partition coefficient (Wildman–Crippen LogP) is 1.23. The number of sulfonamides is 1. The standard InChI is InChI=1S/C11H13NO4S/c1-8-5-9(11(13)14)7-10(6-8)12-3-2-4-17(12,15)16/h5-7H,2-4H2,1H3,(H,13,14). The molecule has 1 aliphatic heterocycles. The highest BCUT2D eigenvalue weighted by molar-refractivity contribution is 7.93. The maximum Gasteiger partial charge on any atom is 0.335 e. The summed E-state index contributed by atoms with van der Waals surface area (Å²) < 4.78 is 24.8. The van der Waals surface area contributed by atoms with Crippen molar-refractivity contribution in [3.05, 3.63) is 29.3 Å². The molecule has 0 amide bonds. The van der Waals surface area contributed by atoms with Crippen LogP contribution in [0, 0.1) is 6.92 Å². The van der Waals surface area contributed by atoms with E-state index in [1.165, 1.54) is 16.4 Å². The zero-order chi connectivity index (χ0) is 12.6. The van der Waals surface area contributed by atoms with Gasteiger partial charge in [0.2, 0.25) is 10.0 Å². The Kier molecular flexibility index (Phi) is 2.82. The smallest absolute Gasteiger partial charge is 0.335 e. The van der Waals surface area contributed by atoms with Gasteiger partial charge in [-0.05, 0) is 37.1 Å². The van der Waals surface area contributed by atoms with E-state index in [4.69, 9.17) is 5.11 Å². The number of carbonyl (C=O) groups is 1. The van der Waals surface area contributed by atoms with Gasteiger partial charge in [0.05, 0.1) is 17.0 Å². The van der Waals surface area contributed by atoms with Gasteiger partial charge in [-0.15, -0.1) is 0 Å². The van der Waals surface area contributed by atoms with Crippen molar-refractivity contribution >= 4 is 21.7 Å². The van der Waals surface area contributed by atoms with Crippen molar-refractivity contribution in [2.75, 3.05) is 16.6 Å². The molecule has 0 atom stereocenters. The van der Waals surface area contributed by atoms with Crippen LogP contribution in [0.3, 0.4) is 0 Å². The molecule has 0 bridgehead atoms. The zero-order valence-electron chi connectivity index (χ0n) is 9.38. The summed E-state index contributed by atoms with van der Waals surface area (Å²) in [6.45, 7) is 2.17. The summed E-state index contributed by atoms with van der Waals surface area (Å²) in [6.07, 6.45) is 0.582. The molecule has 0 radical (unpaired) electrons. The van der Waals surface area contributed by atoms with E-state index in [0.717, 1.165) is 5.56 Å². The summed E-state index contributed by atoms with van der Waals surface area (Å²) in [6, 6.07) is 4.61. The molecule has 6 heteroatoms. The van der Waals surface area contributed by atoms with E-state index < -0.39 is 16.0 Å². The average Bonchev–Trinajstić information content (AvgIpc) is 2.57.